The summed E-state index contributed by atoms with van der Waals surface area (Å²) in [4.78, 5) is 12.7. The fraction of sp³-hybridized carbons (Fsp3) is 0.389. The van der Waals surface area contributed by atoms with Gasteiger partial charge in [-0.25, -0.2) is 0 Å². The predicted octanol–water partition coefficient (Wildman–Crippen LogP) is 5.51. The number of nitrogens with one attached hydrogen (secondary N) is 1. The highest BCUT2D eigenvalue weighted by Crippen LogP contribution is 2.38. The van der Waals surface area contributed by atoms with E-state index in [9.17, 15) is 4.79 Å². The van der Waals surface area contributed by atoms with E-state index in [1.165, 1.54) is 6.42 Å². The largest absolute Gasteiger partial charge is 0.325 e. The summed E-state index contributed by atoms with van der Waals surface area (Å²) < 4.78 is 1.06. The van der Waals surface area contributed by atoms with Gasteiger partial charge in [-0.15, -0.1) is 0 Å². The van der Waals surface area contributed by atoms with Crippen LogP contribution in [0.25, 0.3) is 10.8 Å². The predicted molar refractivity (Wildman–Crippen MR) is 91.5 cm³/mol. The third kappa shape index (κ3) is 2.84. The van der Waals surface area contributed by atoms with Crippen LogP contribution < -0.4 is 5.32 Å². The lowest BCUT2D eigenvalue weighted by Crippen LogP contribution is -2.35. The molecular weight excluding hydrogens is 326 g/mol. The molecule has 2 nitrogen and oxygen atoms in total. The molecule has 0 aliphatic heterocycles. The van der Waals surface area contributed by atoms with Crippen molar-refractivity contribution in [1.82, 2.24) is 0 Å². The maximum Gasteiger partial charge on any atom is 0.230 e. The number of halogens is 1. The van der Waals surface area contributed by atoms with Crippen LogP contribution in [0.1, 0.15) is 39.0 Å². The van der Waals surface area contributed by atoms with E-state index in [1.54, 1.807) is 0 Å². The van der Waals surface area contributed by atoms with Gasteiger partial charge in [-0.2, -0.15) is 0 Å². The van der Waals surface area contributed by atoms with Crippen LogP contribution in [0.3, 0.4) is 0 Å². The molecule has 1 aliphatic carbocycles. The molecule has 2 aromatic rings. The Morgan fingerprint density at radius 2 is 1.71 bits per heavy atom. The van der Waals surface area contributed by atoms with E-state index in [1.807, 2.05) is 24.3 Å². The lowest BCUT2D eigenvalue weighted by atomic mass is 9.75. The lowest BCUT2D eigenvalue weighted by Gasteiger charge is -2.32. The molecule has 0 saturated heterocycles. The first-order valence-corrected chi connectivity index (χ1v) is 8.38. The molecule has 1 fully saturated rings. The molecule has 3 rings (SSSR count). The van der Waals surface area contributed by atoms with E-state index in [4.69, 9.17) is 0 Å². The number of fused-ring (bicyclic) bond motifs is 1. The van der Waals surface area contributed by atoms with Gasteiger partial charge in [0.25, 0.3) is 0 Å². The van der Waals surface area contributed by atoms with Crippen LogP contribution in [0.15, 0.2) is 40.9 Å². The van der Waals surface area contributed by atoms with Crippen LogP contribution in [0.4, 0.5) is 5.69 Å². The maximum absolute atomic E-state index is 12.7. The molecule has 2 aromatic carbocycles. The van der Waals surface area contributed by atoms with Gasteiger partial charge in [-0.1, -0.05) is 66.4 Å². The van der Waals surface area contributed by atoms with Crippen molar-refractivity contribution in [3.8, 4) is 0 Å². The summed E-state index contributed by atoms with van der Waals surface area (Å²) in [7, 11) is 0. The molecule has 110 valence electrons. The lowest BCUT2D eigenvalue weighted by molar-refractivity contribution is -0.126. The summed E-state index contributed by atoms with van der Waals surface area (Å²) in [5.41, 5.74) is 0.692. The maximum atomic E-state index is 12.7. The summed E-state index contributed by atoms with van der Waals surface area (Å²) in [6.07, 6.45) is 5.56. The smallest absolute Gasteiger partial charge is 0.230 e. The van der Waals surface area contributed by atoms with E-state index in [0.29, 0.717) is 0 Å². The minimum atomic E-state index is -0.216. The number of hydrogen-bond donors (Lipinski definition) is 1. The molecule has 1 amide bonds. The van der Waals surface area contributed by atoms with Crippen LogP contribution in [-0.4, -0.2) is 5.91 Å². The van der Waals surface area contributed by atoms with E-state index in [0.717, 1.165) is 46.6 Å². The Labute approximate surface area is 134 Å². The number of rotatable bonds is 2. The highest BCUT2D eigenvalue weighted by Gasteiger charge is 2.34. The standard InChI is InChI=1S/C18H20BrNO/c1-18(11-5-2-6-12-18)17(21)20-16-10-9-15(19)13-7-3-4-8-14(13)16/h3-4,7-10H,2,5-6,11-12H2,1H3,(H,20,21). The SMILES string of the molecule is CC1(C(=O)Nc2ccc(Br)c3ccccc23)CCCCC1. The fourth-order valence-electron chi connectivity index (χ4n) is 3.20. The Morgan fingerprint density at radius 3 is 2.43 bits per heavy atom. The zero-order valence-corrected chi connectivity index (χ0v) is 13.9. The summed E-state index contributed by atoms with van der Waals surface area (Å²) in [5, 5.41) is 5.37. The van der Waals surface area contributed by atoms with Crippen molar-refractivity contribution in [1.29, 1.82) is 0 Å². The second-order valence-electron chi connectivity index (χ2n) is 6.22. The molecular formula is C18H20BrNO. The van der Waals surface area contributed by atoms with Gasteiger partial charge in [-0.05, 0) is 30.4 Å². The van der Waals surface area contributed by atoms with Gasteiger partial charge in [0.05, 0.1) is 0 Å². The third-order valence-electron chi connectivity index (χ3n) is 4.62. The average molecular weight is 346 g/mol. The molecule has 21 heavy (non-hydrogen) atoms. The monoisotopic (exact) mass is 345 g/mol. The number of carbonyl (C=O) groups excluding carboxylic acids is 1. The number of anilines is 1. The van der Waals surface area contributed by atoms with Crippen LogP contribution in [-0.2, 0) is 4.79 Å². The molecule has 0 unspecified atom stereocenters. The third-order valence-corrected chi connectivity index (χ3v) is 5.32. The quantitative estimate of drug-likeness (QED) is 0.763. The Balaban J connectivity index is 1.91. The first-order valence-electron chi connectivity index (χ1n) is 7.59. The number of carbonyl (C=O) groups is 1. The van der Waals surface area contributed by atoms with Crippen molar-refractivity contribution in [2.24, 2.45) is 5.41 Å². The molecule has 3 heteroatoms. The normalized spacial score (nSPS) is 17.6. The molecule has 0 aromatic heterocycles. The van der Waals surface area contributed by atoms with Crippen molar-refractivity contribution in [3.63, 3.8) is 0 Å². The number of hydrogen-bond acceptors (Lipinski definition) is 1. The van der Waals surface area contributed by atoms with Crippen molar-refractivity contribution in [2.45, 2.75) is 39.0 Å². The first kappa shape index (κ1) is 14.6. The Bertz CT molecular complexity index is 674. The van der Waals surface area contributed by atoms with E-state index >= 15 is 0 Å². The van der Waals surface area contributed by atoms with Crippen molar-refractivity contribution < 1.29 is 4.79 Å². The van der Waals surface area contributed by atoms with Crippen molar-refractivity contribution in [3.05, 3.63) is 40.9 Å². The zero-order valence-electron chi connectivity index (χ0n) is 12.3. The molecule has 0 radical (unpaired) electrons. The van der Waals surface area contributed by atoms with Gasteiger partial charge in [0.1, 0.15) is 0 Å². The van der Waals surface area contributed by atoms with Crippen LogP contribution in [0, 0.1) is 5.41 Å². The molecule has 0 spiro atoms. The summed E-state index contributed by atoms with van der Waals surface area (Å²) in [6.45, 7) is 2.10. The van der Waals surface area contributed by atoms with Gasteiger partial charge >= 0.3 is 0 Å². The van der Waals surface area contributed by atoms with Gasteiger partial charge < -0.3 is 5.32 Å². The minimum absolute atomic E-state index is 0.162. The number of benzene rings is 2. The van der Waals surface area contributed by atoms with Crippen LogP contribution in [0.2, 0.25) is 0 Å². The van der Waals surface area contributed by atoms with Crippen LogP contribution >= 0.6 is 15.9 Å². The molecule has 1 aliphatic rings. The first-order chi connectivity index (χ1) is 10.1. The van der Waals surface area contributed by atoms with E-state index < -0.39 is 0 Å². The van der Waals surface area contributed by atoms with E-state index in [-0.39, 0.29) is 11.3 Å². The average Bonchev–Trinajstić information content (AvgIpc) is 2.51. The number of amides is 1. The van der Waals surface area contributed by atoms with Gasteiger partial charge in [0.15, 0.2) is 0 Å². The summed E-state index contributed by atoms with van der Waals surface area (Å²) >= 11 is 3.57. The van der Waals surface area contributed by atoms with Crippen molar-refractivity contribution >= 4 is 38.3 Å². The second kappa shape index (κ2) is 5.80. The highest BCUT2D eigenvalue weighted by atomic mass is 79.9. The molecule has 0 bridgehead atoms. The highest BCUT2D eigenvalue weighted by molar-refractivity contribution is 9.10. The second-order valence-corrected chi connectivity index (χ2v) is 7.07. The molecule has 1 N–H and O–H groups in total. The molecule has 0 heterocycles. The van der Waals surface area contributed by atoms with Gasteiger partial charge in [0.2, 0.25) is 5.91 Å². The molecule has 0 atom stereocenters. The molecule has 1 saturated carbocycles. The van der Waals surface area contributed by atoms with Crippen molar-refractivity contribution in [2.75, 3.05) is 5.32 Å². The van der Waals surface area contributed by atoms with E-state index in [2.05, 4.69) is 40.3 Å². The Morgan fingerprint density at radius 1 is 1.05 bits per heavy atom. The Kier molecular flexibility index (Phi) is 4.03. The summed E-state index contributed by atoms with van der Waals surface area (Å²) in [6, 6.07) is 12.1. The Hall–Kier alpha value is -1.35. The van der Waals surface area contributed by atoms with Gasteiger partial charge in [0, 0.05) is 21.0 Å². The van der Waals surface area contributed by atoms with Gasteiger partial charge in [-0.3, -0.25) is 4.79 Å². The summed E-state index contributed by atoms with van der Waals surface area (Å²) in [5.74, 6) is 0.162. The fourth-order valence-corrected chi connectivity index (χ4v) is 3.68. The topological polar surface area (TPSA) is 29.1 Å². The minimum Gasteiger partial charge on any atom is -0.325 e. The zero-order chi connectivity index (χ0) is 14.9. The van der Waals surface area contributed by atoms with Crippen LogP contribution in [0.5, 0.6) is 0 Å².